The van der Waals surface area contributed by atoms with Gasteiger partial charge in [0.15, 0.2) is 11.6 Å². The Kier molecular flexibility index (Phi) is 5.27. The molecule has 0 spiro atoms. The average molecular weight is 464 g/mol. The first-order valence-electron chi connectivity index (χ1n) is 9.73. The number of carbonyl (C=O) groups excluding carboxylic acids is 3. The first kappa shape index (κ1) is 22.2. The van der Waals surface area contributed by atoms with Crippen molar-refractivity contribution in [2.24, 2.45) is 0 Å². The van der Waals surface area contributed by atoms with Crippen molar-refractivity contribution in [3.8, 4) is 0 Å². The van der Waals surface area contributed by atoms with Crippen LogP contribution in [0.2, 0.25) is 0 Å². The molecule has 0 unspecified atom stereocenters. The number of nitrogens with one attached hydrogen (secondary N) is 1. The Morgan fingerprint density at radius 1 is 0.970 bits per heavy atom. The number of hydrogen-bond acceptors (Lipinski definition) is 8. The van der Waals surface area contributed by atoms with Crippen molar-refractivity contribution in [2.75, 3.05) is 23.0 Å². The van der Waals surface area contributed by atoms with E-state index in [1.165, 1.54) is 24.0 Å². The molecule has 1 amide bonds. The summed E-state index contributed by atoms with van der Waals surface area (Å²) in [4.78, 5) is 38.6. The van der Waals surface area contributed by atoms with Crippen LogP contribution in [0, 0.1) is 0 Å². The highest BCUT2D eigenvalue weighted by atomic mass is 32.2. The van der Waals surface area contributed by atoms with Crippen LogP contribution >= 0.6 is 0 Å². The Hall–Kier alpha value is -4.02. The first-order chi connectivity index (χ1) is 15.5. The molecule has 3 N–H and O–H groups in total. The minimum absolute atomic E-state index is 0.0471. The van der Waals surface area contributed by atoms with E-state index in [4.69, 9.17) is 5.73 Å². The highest BCUT2D eigenvalue weighted by molar-refractivity contribution is 7.86. The quantitative estimate of drug-likeness (QED) is 0.346. The third-order valence-electron chi connectivity index (χ3n) is 5.48. The highest BCUT2D eigenvalue weighted by Gasteiger charge is 2.35. The number of hydrogen-bond donors (Lipinski definition) is 2. The molecular formula is C23H18N3O6S-. The van der Waals surface area contributed by atoms with Gasteiger partial charge in [-0.2, -0.15) is 0 Å². The summed E-state index contributed by atoms with van der Waals surface area (Å²) in [5.74, 6) is -1.35. The molecule has 3 aromatic carbocycles. The maximum absolute atomic E-state index is 13.3. The summed E-state index contributed by atoms with van der Waals surface area (Å²) >= 11 is 0. The lowest BCUT2D eigenvalue weighted by Gasteiger charge is -2.25. The summed E-state index contributed by atoms with van der Waals surface area (Å²) in [6.07, 6.45) is 0. The molecule has 1 aliphatic rings. The number of ketones is 2. The van der Waals surface area contributed by atoms with Gasteiger partial charge in [-0.15, -0.1) is 0 Å². The predicted octanol–water partition coefficient (Wildman–Crippen LogP) is 2.67. The molecule has 3 aromatic rings. The van der Waals surface area contributed by atoms with Gasteiger partial charge in [-0.3, -0.25) is 14.4 Å². The van der Waals surface area contributed by atoms with Gasteiger partial charge in [0.05, 0.1) is 27.4 Å². The molecule has 0 radical (unpaired) electrons. The number of carbonyl (C=O) groups is 3. The van der Waals surface area contributed by atoms with Gasteiger partial charge in [-0.05, 0) is 30.3 Å². The van der Waals surface area contributed by atoms with E-state index in [0.717, 1.165) is 6.07 Å². The fourth-order valence-corrected chi connectivity index (χ4v) is 4.34. The van der Waals surface area contributed by atoms with Crippen LogP contribution in [0.5, 0.6) is 0 Å². The molecule has 0 fully saturated rings. The van der Waals surface area contributed by atoms with Gasteiger partial charge in [0.25, 0.3) is 0 Å². The van der Waals surface area contributed by atoms with E-state index in [1.807, 2.05) is 0 Å². The van der Waals surface area contributed by atoms with Crippen molar-refractivity contribution in [2.45, 2.75) is 11.8 Å². The van der Waals surface area contributed by atoms with E-state index in [1.54, 1.807) is 43.4 Å². The Labute approximate surface area is 189 Å². The average Bonchev–Trinajstić information content (AvgIpc) is 2.77. The van der Waals surface area contributed by atoms with E-state index in [2.05, 4.69) is 5.32 Å². The van der Waals surface area contributed by atoms with E-state index in [9.17, 15) is 27.4 Å². The van der Waals surface area contributed by atoms with E-state index >= 15 is 0 Å². The topological polar surface area (TPSA) is 150 Å². The zero-order valence-electron chi connectivity index (χ0n) is 17.6. The number of anilines is 4. The smallest absolute Gasteiger partial charge is 0.223 e. The van der Waals surface area contributed by atoms with Gasteiger partial charge in [0.1, 0.15) is 10.1 Å². The molecule has 10 heteroatoms. The van der Waals surface area contributed by atoms with Crippen LogP contribution in [-0.4, -0.2) is 37.5 Å². The standard InChI is InChI=1S/C23H19N3O6S/c1-12(27)26(2)14-9-7-13(8-10-14)25-17-11-18(33(30,31)32)21(24)20-19(17)22(28)15-5-3-4-6-16(15)23(20)29/h3-11,25H,24H2,1-2H3,(H,30,31,32)/p-1. The number of amides is 1. The van der Waals surface area contributed by atoms with Crippen LogP contribution in [0.15, 0.2) is 59.5 Å². The molecular weight excluding hydrogens is 446 g/mol. The van der Waals surface area contributed by atoms with E-state index in [0.29, 0.717) is 11.4 Å². The summed E-state index contributed by atoms with van der Waals surface area (Å²) in [5.41, 5.74) is 6.13. The molecule has 4 rings (SSSR count). The van der Waals surface area contributed by atoms with Gasteiger partial charge in [-0.25, -0.2) is 8.42 Å². The molecule has 0 heterocycles. The fourth-order valence-electron chi connectivity index (χ4n) is 3.70. The maximum atomic E-state index is 13.3. The molecule has 0 saturated heterocycles. The maximum Gasteiger partial charge on any atom is 0.223 e. The molecule has 0 atom stereocenters. The number of rotatable bonds is 4. The second-order valence-electron chi connectivity index (χ2n) is 7.49. The van der Waals surface area contributed by atoms with Crippen LogP contribution in [0.3, 0.4) is 0 Å². The predicted molar refractivity (Wildman–Crippen MR) is 121 cm³/mol. The van der Waals surface area contributed by atoms with Crippen molar-refractivity contribution in [1.29, 1.82) is 0 Å². The van der Waals surface area contributed by atoms with Crippen molar-refractivity contribution in [3.63, 3.8) is 0 Å². The van der Waals surface area contributed by atoms with Crippen LogP contribution in [0.25, 0.3) is 0 Å². The van der Waals surface area contributed by atoms with E-state index < -0.39 is 32.3 Å². The summed E-state index contributed by atoms with van der Waals surface area (Å²) in [6, 6.07) is 13.5. The lowest BCUT2D eigenvalue weighted by molar-refractivity contribution is -0.116. The molecule has 33 heavy (non-hydrogen) atoms. The molecule has 0 bridgehead atoms. The fraction of sp³-hybridized carbons (Fsp3) is 0.0870. The minimum atomic E-state index is -5.05. The molecule has 0 aliphatic heterocycles. The van der Waals surface area contributed by atoms with E-state index in [-0.39, 0.29) is 33.8 Å². The third-order valence-corrected chi connectivity index (χ3v) is 6.35. The summed E-state index contributed by atoms with van der Waals surface area (Å²) in [5, 5.41) is 2.91. The van der Waals surface area contributed by atoms with Crippen molar-refractivity contribution in [1.82, 2.24) is 0 Å². The number of benzene rings is 3. The lowest BCUT2D eigenvalue weighted by atomic mass is 9.82. The zero-order valence-corrected chi connectivity index (χ0v) is 18.4. The Balaban J connectivity index is 1.89. The monoisotopic (exact) mass is 464 g/mol. The summed E-state index contributed by atoms with van der Waals surface area (Å²) in [7, 11) is -3.44. The molecule has 168 valence electrons. The second kappa shape index (κ2) is 7.84. The Morgan fingerprint density at radius 2 is 1.52 bits per heavy atom. The lowest BCUT2D eigenvalue weighted by Crippen LogP contribution is -2.25. The number of nitrogens with zero attached hydrogens (tertiary/aromatic N) is 1. The first-order valence-corrected chi connectivity index (χ1v) is 11.1. The van der Waals surface area contributed by atoms with Crippen molar-refractivity contribution in [3.05, 3.63) is 76.9 Å². The van der Waals surface area contributed by atoms with Gasteiger partial charge >= 0.3 is 0 Å². The van der Waals surface area contributed by atoms with Crippen molar-refractivity contribution >= 4 is 50.3 Å². The zero-order chi connectivity index (χ0) is 24.1. The minimum Gasteiger partial charge on any atom is -0.744 e. The summed E-state index contributed by atoms with van der Waals surface area (Å²) in [6.45, 7) is 1.41. The number of nitrogens with two attached hydrogens (primary N) is 1. The number of nitrogen functional groups attached to an aromatic ring is 1. The Morgan fingerprint density at radius 3 is 2.03 bits per heavy atom. The third kappa shape index (κ3) is 3.75. The molecule has 0 saturated carbocycles. The van der Waals surface area contributed by atoms with Gasteiger partial charge in [0, 0.05) is 36.5 Å². The van der Waals surface area contributed by atoms with Gasteiger partial charge in [-0.1, -0.05) is 24.3 Å². The van der Waals surface area contributed by atoms with Crippen LogP contribution in [0.1, 0.15) is 38.8 Å². The van der Waals surface area contributed by atoms with Crippen LogP contribution < -0.4 is 16.0 Å². The van der Waals surface area contributed by atoms with Crippen LogP contribution in [0.4, 0.5) is 22.7 Å². The number of fused-ring (bicyclic) bond motifs is 2. The Bertz CT molecular complexity index is 1450. The molecule has 1 aliphatic carbocycles. The summed E-state index contributed by atoms with van der Waals surface area (Å²) < 4.78 is 35.6. The van der Waals surface area contributed by atoms with Crippen LogP contribution in [-0.2, 0) is 14.9 Å². The second-order valence-corrected chi connectivity index (χ2v) is 8.84. The SMILES string of the molecule is CC(=O)N(C)c1ccc(Nc2cc(S(=O)(=O)[O-])c(N)c3c2C(=O)c2ccccc2C3=O)cc1. The normalized spacial score (nSPS) is 12.7. The van der Waals surface area contributed by atoms with Gasteiger partial charge < -0.3 is 20.5 Å². The molecule has 0 aromatic heterocycles. The largest absolute Gasteiger partial charge is 0.744 e. The molecule has 9 nitrogen and oxygen atoms in total. The van der Waals surface area contributed by atoms with Crippen molar-refractivity contribution < 1.29 is 27.4 Å². The van der Waals surface area contributed by atoms with Gasteiger partial charge in [0.2, 0.25) is 5.91 Å². The highest BCUT2D eigenvalue weighted by Crippen LogP contribution is 2.40.